The van der Waals surface area contributed by atoms with Crippen molar-refractivity contribution < 1.29 is 14.3 Å². The Hall–Kier alpha value is -3.02. The van der Waals surface area contributed by atoms with Crippen molar-refractivity contribution in [2.24, 2.45) is 5.73 Å². The molecule has 0 fully saturated rings. The fraction of sp³-hybridized carbons (Fsp3) is 0.222. The summed E-state index contributed by atoms with van der Waals surface area (Å²) < 4.78 is 5.56. The van der Waals surface area contributed by atoms with Gasteiger partial charge in [-0.25, -0.2) is 4.79 Å². The second-order valence-corrected chi connectivity index (χ2v) is 5.16. The van der Waals surface area contributed by atoms with Crippen LogP contribution in [0.4, 0.5) is 16.2 Å². The van der Waals surface area contributed by atoms with Gasteiger partial charge in [-0.1, -0.05) is 18.2 Å². The van der Waals surface area contributed by atoms with Gasteiger partial charge in [0.05, 0.1) is 6.61 Å². The Balaban J connectivity index is 1.88. The predicted molar refractivity (Wildman–Crippen MR) is 94.2 cm³/mol. The lowest BCUT2D eigenvalue weighted by Gasteiger charge is -2.10. The zero-order chi connectivity index (χ0) is 17.4. The van der Waals surface area contributed by atoms with Gasteiger partial charge in [0.25, 0.3) is 0 Å². The lowest BCUT2D eigenvalue weighted by molar-refractivity contribution is -0.116. The van der Waals surface area contributed by atoms with Crippen LogP contribution in [-0.2, 0) is 11.2 Å². The fourth-order valence-corrected chi connectivity index (χ4v) is 2.26. The summed E-state index contributed by atoms with van der Waals surface area (Å²) >= 11 is 0. The number of carbonyl (C=O) groups excluding carboxylic acids is 2. The molecule has 2 rings (SSSR count). The number of para-hydroxylation sites is 1. The molecule has 0 bridgehead atoms. The normalized spacial score (nSPS) is 10.0. The molecule has 0 saturated heterocycles. The van der Waals surface area contributed by atoms with Gasteiger partial charge in [0.15, 0.2) is 0 Å². The number of hydrogen-bond acceptors (Lipinski definition) is 3. The van der Waals surface area contributed by atoms with Gasteiger partial charge in [-0.15, -0.1) is 0 Å². The summed E-state index contributed by atoms with van der Waals surface area (Å²) in [5.41, 5.74) is 7.29. The van der Waals surface area contributed by atoms with Gasteiger partial charge in [0, 0.05) is 17.8 Å². The van der Waals surface area contributed by atoms with Crippen molar-refractivity contribution in [1.82, 2.24) is 0 Å². The van der Waals surface area contributed by atoms with Crippen LogP contribution in [0, 0.1) is 0 Å². The molecule has 0 spiro atoms. The van der Waals surface area contributed by atoms with E-state index in [-0.39, 0.29) is 5.91 Å². The number of nitrogens with one attached hydrogen (secondary N) is 2. The first-order valence-corrected chi connectivity index (χ1v) is 7.75. The second kappa shape index (κ2) is 8.57. The predicted octanol–water partition coefficient (Wildman–Crippen LogP) is 3.15. The number of carbonyl (C=O) groups is 2. The number of nitrogens with two attached hydrogens (primary N) is 1. The van der Waals surface area contributed by atoms with Crippen LogP contribution in [0.3, 0.4) is 0 Å². The third kappa shape index (κ3) is 5.31. The van der Waals surface area contributed by atoms with E-state index < -0.39 is 6.03 Å². The van der Waals surface area contributed by atoms with Crippen LogP contribution >= 0.6 is 0 Å². The molecular weight excluding hydrogens is 306 g/mol. The molecule has 0 unspecified atom stereocenters. The number of amides is 3. The maximum absolute atomic E-state index is 12.1. The highest BCUT2D eigenvalue weighted by atomic mass is 16.5. The van der Waals surface area contributed by atoms with Crippen LogP contribution in [0.15, 0.2) is 48.5 Å². The Morgan fingerprint density at radius 3 is 2.25 bits per heavy atom. The molecule has 0 aromatic heterocycles. The van der Waals surface area contributed by atoms with Crippen LogP contribution in [0.5, 0.6) is 5.75 Å². The number of primary amides is 1. The molecule has 0 atom stereocenters. The monoisotopic (exact) mass is 327 g/mol. The molecule has 2 aromatic carbocycles. The first-order valence-electron chi connectivity index (χ1n) is 7.75. The Labute approximate surface area is 141 Å². The summed E-state index contributed by atoms with van der Waals surface area (Å²) in [6.45, 7) is 2.52. The molecule has 0 radical (unpaired) electrons. The molecular formula is C18H21N3O3. The summed E-state index contributed by atoms with van der Waals surface area (Å²) in [5.74, 6) is 0.728. The molecule has 0 aliphatic heterocycles. The van der Waals surface area contributed by atoms with Crippen molar-refractivity contribution in [3.63, 3.8) is 0 Å². The molecule has 4 N–H and O–H groups in total. The van der Waals surface area contributed by atoms with Crippen LogP contribution < -0.4 is 21.1 Å². The van der Waals surface area contributed by atoms with Gasteiger partial charge in [0.2, 0.25) is 5.91 Å². The molecule has 0 saturated carbocycles. The number of hydrogen-bond donors (Lipinski definition) is 3. The highest BCUT2D eigenvalue weighted by molar-refractivity contribution is 5.92. The average molecular weight is 327 g/mol. The van der Waals surface area contributed by atoms with Crippen LogP contribution in [-0.4, -0.2) is 18.5 Å². The highest BCUT2D eigenvalue weighted by Crippen LogP contribution is 2.20. The minimum atomic E-state index is -0.625. The summed E-state index contributed by atoms with van der Waals surface area (Å²) in [6, 6.07) is 13.8. The zero-order valence-electron chi connectivity index (χ0n) is 13.5. The van der Waals surface area contributed by atoms with Gasteiger partial charge in [-0.05, 0) is 49.2 Å². The lowest BCUT2D eigenvalue weighted by Crippen LogP contribution is -2.19. The van der Waals surface area contributed by atoms with Crippen LogP contribution in [0.25, 0.3) is 0 Å². The van der Waals surface area contributed by atoms with Crippen molar-refractivity contribution in [3.8, 4) is 5.75 Å². The minimum Gasteiger partial charge on any atom is -0.494 e. The lowest BCUT2D eigenvalue weighted by atomic mass is 10.1. The third-order valence-corrected chi connectivity index (χ3v) is 3.33. The van der Waals surface area contributed by atoms with Crippen molar-refractivity contribution in [2.75, 3.05) is 17.2 Å². The number of rotatable bonds is 7. The average Bonchev–Trinajstić information content (AvgIpc) is 2.56. The third-order valence-electron chi connectivity index (χ3n) is 3.33. The Kier molecular flexibility index (Phi) is 6.19. The maximum Gasteiger partial charge on any atom is 0.316 e. The van der Waals surface area contributed by atoms with E-state index in [1.165, 1.54) is 0 Å². The number of urea groups is 1. The molecule has 0 aliphatic rings. The summed E-state index contributed by atoms with van der Waals surface area (Å²) in [4.78, 5) is 22.8. The first kappa shape index (κ1) is 17.3. The number of aryl methyl sites for hydroxylation is 1. The van der Waals surface area contributed by atoms with Crippen molar-refractivity contribution >= 4 is 23.3 Å². The van der Waals surface area contributed by atoms with E-state index in [2.05, 4.69) is 10.6 Å². The summed E-state index contributed by atoms with van der Waals surface area (Å²) in [6.07, 6.45) is 0.953. The Bertz CT molecular complexity index is 699. The van der Waals surface area contributed by atoms with Crippen molar-refractivity contribution in [2.45, 2.75) is 19.8 Å². The van der Waals surface area contributed by atoms with Gasteiger partial charge >= 0.3 is 6.03 Å². The van der Waals surface area contributed by atoms with E-state index in [4.69, 9.17) is 10.5 Å². The first-order chi connectivity index (χ1) is 11.6. The van der Waals surface area contributed by atoms with E-state index in [0.29, 0.717) is 30.8 Å². The maximum atomic E-state index is 12.1. The summed E-state index contributed by atoms with van der Waals surface area (Å²) in [7, 11) is 0. The fourth-order valence-electron chi connectivity index (χ4n) is 2.26. The topological polar surface area (TPSA) is 93.4 Å². The van der Waals surface area contributed by atoms with Crippen molar-refractivity contribution in [3.05, 3.63) is 54.1 Å². The molecule has 6 nitrogen and oxygen atoms in total. The molecule has 126 valence electrons. The molecule has 0 aliphatic carbocycles. The molecule has 0 heterocycles. The van der Waals surface area contributed by atoms with Crippen molar-refractivity contribution in [1.29, 1.82) is 0 Å². The Morgan fingerprint density at radius 1 is 1.00 bits per heavy atom. The largest absolute Gasteiger partial charge is 0.494 e. The highest BCUT2D eigenvalue weighted by Gasteiger charge is 2.07. The zero-order valence-corrected chi connectivity index (χ0v) is 13.5. The number of ether oxygens (including phenoxy) is 1. The quantitative estimate of drug-likeness (QED) is 0.729. The van der Waals surface area contributed by atoms with Crippen LogP contribution in [0.2, 0.25) is 0 Å². The van der Waals surface area contributed by atoms with E-state index in [1.807, 2.05) is 31.2 Å². The van der Waals surface area contributed by atoms with Gasteiger partial charge in [-0.3, -0.25) is 4.79 Å². The summed E-state index contributed by atoms with van der Waals surface area (Å²) in [5, 5.41) is 5.28. The molecule has 3 amide bonds. The minimum absolute atomic E-state index is 0.0862. The van der Waals surface area contributed by atoms with E-state index in [0.717, 1.165) is 11.3 Å². The molecule has 24 heavy (non-hydrogen) atoms. The number of anilines is 2. The SMILES string of the molecule is CCOc1ccccc1CCC(=O)Nc1ccc(NC(N)=O)cc1. The number of benzene rings is 2. The second-order valence-electron chi connectivity index (χ2n) is 5.16. The van der Waals surface area contributed by atoms with E-state index >= 15 is 0 Å². The Morgan fingerprint density at radius 2 is 1.62 bits per heavy atom. The van der Waals surface area contributed by atoms with Gasteiger partial charge in [0.1, 0.15) is 5.75 Å². The molecule has 2 aromatic rings. The standard InChI is InChI=1S/C18H21N3O3/c1-2-24-16-6-4-3-5-13(16)7-12-17(22)20-14-8-10-15(11-9-14)21-18(19)23/h3-6,8-11H,2,7,12H2,1H3,(H,20,22)(H3,19,21,23). The van der Waals surface area contributed by atoms with Gasteiger partial charge < -0.3 is 21.1 Å². The molecule has 6 heteroatoms. The van der Waals surface area contributed by atoms with E-state index in [9.17, 15) is 9.59 Å². The smallest absolute Gasteiger partial charge is 0.316 e. The van der Waals surface area contributed by atoms with Gasteiger partial charge in [-0.2, -0.15) is 0 Å². The van der Waals surface area contributed by atoms with Crippen LogP contribution in [0.1, 0.15) is 18.9 Å². The van der Waals surface area contributed by atoms with E-state index in [1.54, 1.807) is 24.3 Å².